The third-order valence-corrected chi connectivity index (χ3v) is 2.91. The van der Waals surface area contributed by atoms with E-state index in [-0.39, 0.29) is 29.5 Å². The molecule has 2 aromatic rings. The molecule has 2 rings (SSSR count). The molecule has 0 fully saturated rings. The van der Waals surface area contributed by atoms with E-state index in [0.29, 0.717) is 0 Å². The number of amides is 1. The smallest absolute Gasteiger partial charge is 0.396 e. The highest BCUT2D eigenvalue weighted by Gasteiger charge is 2.30. The number of nitrogens with zero attached hydrogens (tertiary/aromatic N) is 1. The molecular formula is C11H9ClF3N3OS. The van der Waals surface area contributed by atoms with Gasteiger partial charge in [-0.25, -0.2) is 0 Å². The molecule has 9 heteroatoms. The van der Waals surface area contributed by atoms with Gasteiger partial charge < -0.3 is 11.1 Å². The maximum Gasteiger partial charge on any atom is 0.416 e. The van der Waals surface area contributed by atoms with Crippen LogP contribution in [0, 0.1) is 0 Å². The topological polar surface area (TPSA) is 68.0 Å². The number of carbonyl (C=O) groups excluding carboxylic acids is 1. The summed E-state index contributed by atoms with van der Waals surface area (Å²) in [5.74, 6) is -0.641. The standard InChI is InChI=1S/C11H8F3N3OS.ClH/c12-11(13,14)6-2-1-3-7(4-6)16-10(18)9-8(15)5-19-17-9;/h1-5H,15H2,(H,16,18);1H. The lowest BCUT2D eigenvalue weighted by Gasteiger charge is -2.09. The molecule has 0 saturated carbocycles. The normalized spacial score (nSPS) is 10.8. The molecule has 1 aromatic heterocycles. The maximum absolute atomic E-state index is 12.5. The molecule has 3 N–H and O–H groups in total. The molecule has 1 aromatic carbocycles. The summed E-state index contributed by atoms with van der Waals surface area (Å²) in [7, 11) is 0. The van der Waals surface area contributed by atoms with Crippen molar-refractivity contribution in [3.8, 4) is 0 Å². The molecule has 0 unspecified atom stereocenters. The number of alkyl halides is 3. The second-order valence-corrected chi connectivity index (χ2v) is 4.28. The molecule has 0 spiro atoms. The van der Waals surface area contributed by atoms with Crippen LogP contribution in [-0.2, 0) is 6.18 Å². The van der Waals surface area contributed by atoms with E-state index < -0.39 is 17.6 Å². The van der Waals surface area contributed by atoms with Crippen molar-refractivity contribution in [1.29, 1.82) is 0 Å². The van der Waals surface area contributed by atoms with Gasteiger partial charge in [0.2, 0.25) is 0 Å². The van der Waals surface area contributed by atoms with Gasteiger partial charge in [0.25, 0.3) is 5.91 Å². The van der Waals surface area contributed by atoms with Crippen molar-refractivity contribution in [2.45, 2.75) is 6.18 Å². The fourth-order valence-corrected chi connectivity index (χ4v) is 1.95. The number of hydrogen-bond acceptors (Lipinski definition) is 4. The Balaban J connectivity index is 0.00000200. The van der Waals surface area contributed by atoms with Crippen LogP contribution in [0.4, 0.5) is 24.5 Å². The molecule has 1 heterocycles. The van der Waals surface area contributed by atoms with Gasteiger partial charge in [0.15, 0.2) is 5.69 Å². The first-order chi connectivity index (χ1) is 8.88. The molecule has 0 aliphatic rings. The second-order valence-electron chi connectivity index (χ2n) is 3.65. The summed E-state index contributed by atoms with van der Waals surface area (Å²) < 4.78 is 41.3. The third-order valence-electron chi connectivity index (χ3n) is 2.26. The van der Waals surface area contributed by atoms with Gasteiger partial charge in [0, 0.05) is 11.1 Å². The summed E-state index contributed by atoms with van der Waals surface area (Å²) in [6.45, 7) is 0. The number of hydrogen-bond donors (Lipinski definition) is 2. The number of nitrogens with one attached hydrogen (secondary N) is 1. The number of nitrogens with two attached hydrogens (primary N) is 1. The molecule has 0 bridgehead atoms. The zero-order valence-corrected chi connectivity index (χ0v) is 11.4. The van der Waals surface area contributed by atoms with E-state index in [4.69, 9.17) is 5.73 Å². The average molecular weight is 324 g/mol. The molecule has 1 amide bonds. The number of rotatable bonds is 2. The first kappa shape index (κ1) is 16.3. The van der Waals surface area contributed by atoms with Crippen LogP contribution in [0.3, 0.4) is 0 Å². The third kappa shape index (κ3) is 3.61. The van der Waals surface area contributed by atoms with Gasteiger partial charge in [-0.05, 0) is 29.7 Å². The van der Waals surface area contributed by atoms with E-state index in [0.717, 1.165) is 23.7 Å². The van der Waals surface area contributed by atoms with Crippen molar-refractivity contribution >= 4 is 41.2 Å². The number of nitrogen functional groups attached to an aromatic ring is 1. The largest absolute Gasteiger partial charge is 0.416 e. The zero-order valence-electron chi connectivity index (χ0n) is 9.77. The summed E-state index contributed by atoms with van der Waals surface area (Å²) in [6.07, 6.45) is -4.46. The molecule has 4 nitrogen and oxygen atoms in total. The fraction of sp³-hybridized carbons (Fsp3) is 0.0909. The Morgan fingerprint density at radius 2 is 2.05 bits per heavy atom. The van der Waals surface area contributed by atoms with Gasteiger partial charge in [0.05, 0.1) is 11.3 Å². The Morgan fingerprint density at radius 3 is 2.60 bits per heavy atom. The summed E-state index contributed by atoms with van der Waals surface area (Å²) >= 11 is 0.997. The van der Waals surface area contributed by atoms with Crippen LogP contribution in [0.2, 0.25) is 0 Å². The molecule has 0 atom stereocenters. The van der Waals surface area contributed by atoms with Crippen LogP contribution in [0.25, 0.3) is 0 Å². The van der Waals surface area contributed by atoms with Crippen molar-refractivity contribution in [3.63, 3.8) is 0 Å². The average Bonchev–Trinajstić information content (AvgIpc) is 2.75. The SMILES string of the molecule is Cl.Nc1csnc1C(=O)Nc1cccc(C(F)(F)F)c1. The summed E-state index contributed by atoms with van der Waals surface area (Å²) in [6, 6.07) is 4.34. The summed E-state index contributed by atoms with van der Waals surface area (Å²) in [4.78, 5) is 11.7. The number of carbonyl (C=O) groups is 1. The highest BCUT2D eigenvalue weighted by Crippen LogP contribution is 2.30. The van der Waals surface area contributed by atoms with E-state index in [1.807, 2.05) is 0 Å². The predicted molar refractivity (Wildman–Crippen MR) is 73.2 cm³/mol. The monoisotopic (exact) mass is 323 g/mol. The van der Waals surface area contributed by atoms with Gasteiger partial charge in [0.1, 0.15) is 0 Å². The minimum atomic E-state index is -4.46. The second kappa shape index (κ2) is 6.10. The van der Waals surface area contributed by atoms with E-state index in [1.165, 1.54) is 17.5 Å². The van der Waals surface area contributed by atoms with E-state index in [9.17, 15) is 18.0 Å². The summed E-state index contributed by atoms with van der Waals surface area (Å²) in [5, 5.41) is 3.80. The van der Waals surface area contributed by atoms with Crippen molar-refractivity contribution in [2.24, 2.45) is 0 Å². The highest BCUT2D eigenvalue weighted by atomic mass is 35.5. The number of halogens is 4. The number of anilines is 2. The molecule has 108 valence electrons. The van der Waals surface area contributed by atoms with Crippen molar-refractivity contribution in [1.82, 2.24) is 4.37 Å². The summed E-state index contributed by atoms with van der Waals surface area (Å²) in [5.41, 5.74) is 4.89. The first-order valence-corrected chi connectivity index (χ1v) is 5.90. The molecule has 0 saturated heterocycles. The van der Waals surface area contributed by atoms with E-state index in [1.54, 1.807) is 0 Å². The quantitative estimate of drug-likeness (QED) is 0.889. The van der Waals surface area contributed by atoms with E-state index in [2.05, 4.69) is 9.69 Å². The lowest BCUT2D eigenvalue weighted by Crippen LogP contribution is -2.14. The lowest BCUT2D eigenvalue weighted by atomic mass is 10.2. The lowest BCUT2D eigenvalue weighted by molar-refractivity contribution is -0.137. The fourth-order valence-electron chi connectivity index (χ4n) is 1.38. The Morgan fingerprint density at radius 1 is 1.35 bits per heavy atom. The van der Waals surface area contributed by atoms with Crippen LogP contribution in [0.15, 0.2) is 29.6 Å². The Labute approximate surface area is 122 Å². The van der Waals surface area contributed by atoms with Crippen LogP contribution in [0.5, 0.6) is 0 Å². The van der Waals surface area contributed by atoms with E-state index >= 15 is 0 Å². The Kier molecular flexibility index (Phi) is 4.96. The Bertz CT molecular complexity index is 615. The minimum absolute atomic E-state index is 0. The number of benzene rings is 1. The van der Waals surface area contributed by atoms with Crippen molar-refractivity contribution in [3.05, 3.63) is 40.9 Å². The van der Waals surface area contributed by atoms with Crippen molar-refractivity contribution in [2.75, 3.05) is 11.1 Å². The molecule has 0 aliphatic heterocycles. The maximum atomic E-state index is 12.5. The van der Waals surface area contributed by atoms with Crippen molar-refractivity contribution < 1.29 is 18.0 Å². The molecule has 0 radical (unpaired) electrons. The molecule has 20 heavy (non-hydrogen) atoms. The van der Waals surface area contributed by atoms with Crippen LogP contribution in [0.1, 0.15) is 16.1 Å². The van der Waals surface area contributed by atoms with Crippen LogP contribution < -0.4 is 11.1 Å². The molecule has 0 aliphatic carbocycles. The number of aromatic nitrogens is 1. The zero-order chi connectivity index (χ0) is 14.0. The van der Waals surface area contributed by atoms with Crippen LogP contribution >= 0.6 is 23.9 Å². The molecular weight excluding hydrogens is 315 g/mol. The Hall–Kier alpha value is -1.80. The highest BCUT2D eigenvalue weighted by molar-refractivity contribution is 7.04. The van der Waals surface area contributed by atoms with Gasteiger partial charge in [-0.15, -0.1) is 12.4 Å². The van der Waals surface area contributed by atoms with Gasteiger partial charge in [-0.3, -0.25) is 4.79 Å². The predicted octanol–water partition coefficient (Wildman–Crippen LogP) is 3.42. The first-order valence-electron chi connectivity index (χ1n) is 5.06. The minimum Gasteiger partial charge on any atom is -0.396 e. The van der Waals surface area contributed by atoms with Crippen LogP contribution in [-0.4, -0.2) is 10.3 Å². The van der Waals surface area contributed by atoms with Gasteiger partial charge in [-0.1, -0.05) is 6.07 Å². The van der Waals surface area contributed by atoms with Gasteiger partial charge in [-0.2, -0.15) is 17.5 Å². The van der Waals surface area contributed by atoms with Gasteiger partial charge >= 0.3 is 6.18 Å².